The molecule has 3 heterocycles. The number of rotatable bonds is 7. The second-order valence-electron chi connectivity index (χ2n) is 10.1. The monoisotopic (exact) mass is 556 g/mol. The molecule has 0 bridgehead atoms. The van der Waals surface area contributed by atoms with E-state index in [2.05, 4.69) is 21.4 Å². The van der Waals surface area contributed by atoms with Gasteiger partial charge in [-0.2, -0.15) is 4.31 Å². The van der Waals surface area contributed by atoms with E-state index in [9.17, 15) is 13.2 Å². The predicted octanol–water partition coefficient (Wildman–Crippen LogP) is 3.21. The molecule has 1 aromatic heterocycles. The number of hydrazine groups is 1. The average molecular weight is 557 g/mol. The third kappa shape index (κ3) is 5.73. The number of benzene rings is 2. The summed E-state index contributed by atoms with van der Waals surface area (Å²) in [4.78, 5) is 21.8. The summed E-state index contributed by atoms with van der Waals surface area (Å²) in [5.41, 5.74) is 4.45. The van der Waals surface area contributed by atoms with Crippen molar-refractivity contribution in [2.75, 3.05) is 63.2 Å². The molecule has 2 fully saturated rings. The van der Waals surface area contributed by atoms with Crippen molar-refractivity contribution >= 4 is 49.8 Å². The normalized spacial score (nSPS) is 17.8. The molecule has 2 aliphatic rings. The summed E-state index contributed by atoms with van der Waals surface area (Å²) in [7, 11) is 0.189. The number of aromatic nitrogens is 1. The molecule has 2 aromatic carbocycles. The average Bonchev–Trinajstić information content (AvgIpc) is 2.92. The Labute approximate surface area is 229 Å². The number of carbonyl (C=O) groups excluding carboxylic acids is 1. The van der Waals surface area contributed by atoms with E-state index in [1.165, 1.54) is 9.99 Å². The van der Waals surface area contributed by atoms with Gasteiger partial charge in [-0.15, -0.1) is 0 Å². The van der Waals surface area contributed by atoms with Crippen molar-refractivity contribution in [2.24, 2.45) is 5.92 Å². The summed E-state index contributed by atoms with van der Waals surface area (Å²) < 4.78 is 27.8. The van der Waals surface area contributed by atoms with Crippen LogP contribution in [0.5, 0.6) is 0 Å². The number of piperazine rings is 1. The van der Waals surface area contributed by atoms with Crippen molar-refractivity contribution < 1.29 is 13.2 Å². The van der Waals surface area contributed by atoms with Gasteiger partial charge >= 0.3 is 0 Å². The van der Waals surface area contributed by atoms with E-state index in [1.54, 1.807) is 41.4 Å². The minimum atomic E-state index is -3.78. The minimum Gasteiger partial charge on any atom is -0.371 e. The standard InChI is InChI=1S/C27H33ClN6O3S/c1-31(2)26-17-24(7-10-29-26)32-11-8-20(9-12-32)18-30-34-14-13-33(19-27(34)35)38(36,37)25-6-4-21-15-23(28)5-3-22(21)16-25/h3-7,10,15-17,20,30H,8-9,11-14,18-19H2,1-2H3. The van der Waals surface area contributed by atoms with Gasteiger partial charge in [-0.1, -0.05) is 23.7 Å². The van der Waals surface area contributed by atoms with Gasteiger partial charge in [0.2, 0.25) is 10.0 Å². The molecule has 2 saturated heterocycles. The van der Waals surface area contributed by atoms with Crippen molar-refractivity contribution in [1.29, 1.82) is 0 Å². The van der Waals surface area contributed by atoms with Crippen molar-refractivity contribution in [3.63, 3.8) is 0 Å². The Kier molecular flexibility index (Phi) is 7.76. The summed E-state index contributed by atoms with van der Waals surface area (Å²) in [5, 5.41) is 3.83. The molecule has 3 aromatic rings. The third-order valence-electron chi connectivity index (χ3n) is 7.33. The second-order valence-corrected chi connectivity index (χ2v) is 12.5. The van der Waals surface area contributed by atoms with Crippen LogP contribution >= 0.6 is 11.6 Å². The highest BCUT2D eigenvalue weighted by atomic mass is 35.5. The Morgan fingerprint density at radius 3 is 2.47 bits per heavy atom. The van der Waals surface area contributed by atoms with Crippen LogP contribution in [0.1, 0.15) is 12.8 Å². The van der Waals surface area contributed by atoms with Crippen LogP contribution in [0.2, 0.25) is 5.02 Å². The third-order valence-corrected chi connectivity index (χ3v) is 9.41. The first-order chi connectivity index (χ1) is 18.2. The van der Waals surface area contributed by atoms with Crippen LogP contribution in [0, 0.1) is 5.92 Å². The summed E-state index contributed by atoms with van der Waals surface area (Å²) in [6, 6.07) is 14.4. The van der Waals surface area contributed by atoms with Crippen molar-refractivity contribution in [2.45, 2.75) is 17.7 Å². The number of nitrogens with one attached hydrogen (secondary N) is 1. The van der Waals surface area contributed by atoms with Crippen LogP contribution in [0.3, 0.4) is 0 Å². The number of anilines is 2. The maximum Gasteiger partial charge on any atom is 0.252 e. The van der Waals surface area contributed by atoms with Crippen LogP contribution in [0.25, 0.3) is 10.8 Å². The van der Waals surface area contributed by atoms with Crippen LogP contribution in [-0.4, -0.2) is 82.0 Å². The highest BCUT2D eigenvalue weighted by Crippen LogP contribution is 2.27. The molecule has 0 unspecified atom stereocenters. The molecule has 0 saturated carbocycles. The number of fused-ring (bicyclic) bond motifs is 1. The molecule has 0 radical (unpaired) electrons. The molecular weight excluding hydrogens is 524 g/mol. The number of amides is 1. The van der Waals surface area contributed by atoms with Gasteiger partial charge in [0.25, 0.3) is 5.91 Å². The molecule has 9 nitrogen and oxygen atoms in total. The summed E-state index contributed by atoms with van der Waals surface area (Å²) in [6.07, 6.45) is 3.88. The lowest BCUT2D eigenvalue weighted by Crippen LogP contribution is -2.57. The fraction of sp³-hybridized carbons (Fsp3) is 0.407. The van der Waals surface area contributed by atoms with Gasteiger partial charge in [0.05, 0.1) is 18.0 Å². The molecule has 1 amide bonds. The van der Waals surface area contributed by atoms with E-state index in [4.69, 9.17) is 11.6 Å². The van der Waals surface area contributed by atoms with Gasteiger partial charge in [-0.05, 0) is 59.9 Å². The quantitative estimate of drug-likeness (QED) is 0.478. The summed E-state index contributed by atoms with van der Waals surface area (Å²) in [5.74, 6) is 1.15. The minimum absolute atomic E-state index is 0.178. The molecule has 11 heteroatoms. The molecule has 0 spiro atoms. The number of pyridine rings is 1. The lowest BCUT2D eigenvalue weighted by Gasteiger charge is -2.37. The van der Waals surface area contributed by atoms with Crippen LogP contribution in [0.4, 0.5) is 11.5 Å². The van der Waals surface area contributed by atoms with E-state index in [1.807, 2.05) is 31.3 Å². The van der Waals surface area contributed by atoms with Gasteiger partial charge < -0.3 is 9.80 Å². The Hall–Kier alpha value is -2.92. The van der Waals surface area contributed by atoms with E-state index >= 15 is 0 Å². The molecule has 38 heavy (non-hydrogen) atoms. The molecule has 1 N–H and O–H groups in total. The first-order valence-electron chi connectivity index (χ1n) is 12.8. The number of sulfonamides is 1. The number of carbonyl (C=O) groups is 1. The molecular formula is C27H33ClN6O3S. The first kappa shape index (κ1) is 26.7. The van der Waals surface area contributed by atoms with Crippen molar-refractivity contribution in [3.8, 4) is 0 Å². The van der Waals surface area contributed by atoms with Crippen LogP contribution < -0.4 is 15.2 Å². The Morgan fingerprint density at radius 1 is 1.00 bits per heavy atom. The van der Waals surface area contributed by atoms with Crippen molar-refractivity contribution in [3.05, 3.63) is 59.8 Å². The van der Waals surface area contributed by atoms with Crippen LogP contribution in [0.15, 0.2) is 59.6 Å². The fourth-order valence-corrected chi connectivity index (χ4v) is 6.61. The first-order valence-corrected chi connectivity index (χ1v) is 14.6. The Morgan fingerprint density at radius 2 is 1.74 bits per heavy atom. The zero-order chi connectivity index (χ0) is 26.9. The Bertz CT molecular complexity index is 1430. The fourth-order valence-electron chi connectivity index (χ4n) is 5.01. The summed E-state index contributed by atoms with van der Waals surface area (Å²) >= 11 is 6.04. The highest BCUT2D eigenvalue weighted by Gasteiger charge is 2.33. The number of piperidine rings is 1. The number of nitrogens with zero attached hydrogens (tertiary/aromatic N) is 5. The van der Waals surface area contributed by atoms with Crippen LogP contribution in [-0.2, 0) is 14.8 Å². The second kappa shape index (κ2) is 11.1. The maximum atomic E-state index is 13.3. The summed E-state index contributed by atoms with van der Waals surface area (Å²) in [6.45, 7) is 2.96. The van der Waals surface area contributed by atoms with Gasteiger partial charge in [0, 0.05) is 63.2 Å². The number of hydrogen-bond acceptors (Lipinski definition) is 7. The van der Waals surface area contributed by atoms with Gasteiger partial charge in [0.15, 0.2) is 0 Å². The molecule has 202 valence electrons. The maximum absolute atomic E-state index is 13.3. The molecule has 5 rings (SSSR count). The molecule has 2 aliphatic heterocycles. The predicted molar refractivity (Wildman–Crippen MR) is 151 cm³/mol. The number of hydrogen-bond donors (Lipinski definition) is 1. The van der Waals surface area contributed by atoms with E-state index in [0.717, 1.165) is 42.5 Å². The lowest BCUT2D eigenvalue weighted by atomic mass is 9.96. The zero-order valence-corrected chi connectivity index (χ0v) is 23.2. The number of halogens is 1. The van der Waals surface area contributed by atoms with Gasteiger partial charge in [0.1, 0.15) is 5.82 Å². The van der Waals surface area contributed by atoms with E-state index in [0.29, 0.717) is 24.0 Å². The SMILES string of the molecule is CN(C)c1cc(N2CCC(CNN3CCN(S(=O)(=O)c4ccc5cc(Cl)ccc5c4)CC3=O)CC2)ccn1. The Balaban J connectivity index is 1.13. The van der Waals surface area contributed by atoms with Gasteiger partial charge in [-0.3, -0.25) is 9.80 Å². The largest absolute Gasteiger partial charge is 0.371 e. The molecule has 0 aliphatic carbocycles. The van der Waals surface area contributed by atoms with Gasteiger partial charge in [-0.25, -0.2) is 18.8 Å². The van der Waals surface area contributed by atoms with Crippen molar-refractivity contribution in [1.82, 2.24) is 19.7 Å². The molecule has 0 atom stereocenters. The lowest BCUT2D eigenvalue weighted by molar-refractivity contribution is -0.137. The zero-order valence-electron chi connectivity index (χ0n) is 21.7. The highest BCUT2D eigenvalue weighted by molar-refractivity contribution is 7.89. The van der Waals surface area contributed by atoms with E-state index < -0.39 is 10.0 Å². The van der Waals surface area contributed by atoms with E-state index in [-0.39, 0.29) is 23.9 Å². The smallest absolute Gasteiger partial charge is 0.252 e. The topological polar surface area (TPSA) is 89.1 Å².